The third kappa shape index (κ3) is 2.08. The second-order valence-electron chi connectivity index (χ2n) is 9.25. The molecule has 0 saturated heterocycles. The molecule has 6 atom stereocenters. The van der Waals surface area contributed by atoms with Crippen molar-refractivity contribution in [2.45, 2.75) is 71.8 Å². The molecular weight excluding hydrogens is 280 g/mol. The predicted octanol–water partition coefficient (Wildman–Crippen LogP) is 5.42. The maximum absolute atomic E-state index is 10.1. The van der Waals surface area contributed by atoms with E-state index in [0.717, 1.165) is 30.6 Å². The van der Waals surface area contributed by atoms with Crippen LogP contribution in [-0.2, 0) is 0 Å². The normalized spacial score (nSPS) is 48.7. The van der Waals surface area contributed by atoms with Gasteiger partial charge in [-0.15, -0.1) is 0 Å². The summed E-state index contributed by atoms with van der Waals surface area (Å²) in [5, 5.41) is 10.1. The van der Waals surface area contributed by atoms with Crippen molar-refractivity contribution in [2.24, 2.45) is 28.6 Å². The van der Waals surface area contributed by atoms with Crippen LogP contribution in [0.25, 0.3) is 0 Å². The van der Waals surface area contributed by atoms with Crippen molar-refractivity contribution in [2.75, 3.05) is 0 Å². The summed E-state index contributed by atoms with van der Waals surface area (Å²) in [6, 6.07) is 0. The summed E-state index contributed by atoms with van der Waals surface area (Å²) in [4.78, 5) is 0. The van der Waals surface area contributed by atoms with Gasteiger partial charge in [-0.2, -0.15) is 0 Å². The predicted molar refractivity (Wildman–Crippen MR) is 96.0 cm³/mol. The van der Waals surface area contributed by atoms with E-state index in [9.17, 15) is 5.11 Å². The van der Waals surface area contributed by atoms with Crippen LogP contribution in [0.5, 0.6) is 0 Å². The van der Waals surface area contributed by atoms with Gasteiger partial charge in [-0.3, -0.25) is 0 Å². The van der Waals surface area contributed by atoms with Crippen molar-refractivity contribution in [3.63, 3.8) is 0 Å². The van der Waals surface area contributed by atoms with Crippen molar-refractivity contribution >= 4 is 0 Å². The highest BCUT2D eigenvalue weighted by Gasteiger charge is 2.56. The number of rotatable bonds is 1. The van der Waals surface area contributed by atoms with Crippen LogP contribution in [0.4, 0.5) is 0 Å². The molecule has 126 valence electrons. The molecule has 1 nitrogen and oxygen atoms in total. The molecule has 1 N–H and O–H groups in total. The maximum Gasteiger partial charge on any atom is 0.0577 e. The van der Waals surface area contributed by atoms with Gasteiger partial charge in [-0.05, 0) is 86.0 Å². The van der Waals surface area contributed by atoms with Crippen molar-refractivity contribution in [3.05, 3.63) is 35.5 Å². The van der Waals surface area contributed by atoms with E-state index in [0.29, 0.717) is 10.8 Å². The fourth-order valence-corrected chi connectivity index (χ4v) is 6.87. The Morgan fingerprint density at radius 2 is 1.83 bits per heavy atom. The van der Waals surface area contributed by atoms with E-state index in [1.54, 1.807) is 11.1 Å². The number of aliphatic hydroxyl groups excluding tert-OH is 1. The molecule has 0 aliphatic heterocycles. The van der Waals surface area contributed by atoms with Gasteiger partial charge in [0, 0.05) is 0 Å². The second-order valence-corrected chi connectivity index (χ2v) is 9.25. The summed E-state index contributed by atoms with van der Waals surface area (Å²) >= 11 is 0. The Bertz CT molecular complexity index is 597. The van der Waals surface area contributed by atoms with Gasteiger partial charge in [0.2, 0.25) is 0 Å². The zero-order valence-electron chi connectivity index (χ0n) is 15.1. The minimum atomic E-state index is -0.0945. The Labute approximate surface area is 141 Å². The van der Waals surface area contributed by atoms with Crippen LogP contribution in [0.2, 0.25) is 0 Å². The van der Waals surface area contributed by atoms with Gasteiger partial charge in [0.1, 0.15) is 0 Å². The van der Waals surface area contributed by atoms with Crippen LogP contribution in [0, 0.1) is 28.6 Å². The summed E-state index contributed by atoms with van der Waals surface area (Å²) in [5.74, 6) is 2.45. The summed E-state index contributed by atoms with van der Waals surface area (Å²) in [7, 11) is 0. The molecule has 0 heterocycles. The minimum absolute atomic E-state index is 0.0945. The van der Waals surface area contributed by atoms with E-state index in [1.807, 2.05) is 0 Å². The molecule has 1 heteroatoms. The molecule has 0 radical (unpaired) electrons. The maximum atomic E-state index is 10.1. The third-order valence-corrected chi connectivity index (χ3v) is 8.12. The van der Waals surface area contributed by atoms with E-state index in [2.05, 4.69) is 39.5 Å². The van der Waals surface area contributed by atoms with Gasteiger partial charge >= 0.3 is 0 Å². The monoisotopic (exact) mass is 312 g/mol. The van der Waals surface area contributed by atoms with Gasteiger partial charge in [0.15, 0.2) is 0 Å². The standard InChI is InChI=1S/C22H32O/c1-14(2)18-7-8-19-17-6-5-15-13-16(23)9-11-21(15,3)20(17)10-12-22(18,19)4/h5,7,16-17,19-20,23H,1,6,8-13H2,2-4H3/t16-,17?,19?,20?,21-,22+/m0/s1. The Balaban J connectivity index is 1.67. The fraction of sp³-hybridized carbons (Fsp3) is 0.727. The Morgan fingerprint density at radius 1 is 1.09 bits per heavy atom. The highest BCUT2D eigenvalue weighted by atomic mass is 16.3. The molecule has 0 aromatic heterocycles. The molecule has 0 amide bonds. The summed E-state index contributed by atoms with van der Waals surface area (Å²) < 4.78 is 0. The molecule has 0 aromatic rings. The first-order chi connectivity index (χ1) is 10.9. The van der Waals surface area contributed by atoms with Gasteiger partial charge in [0.25, 0.3) is 0 Å². The zero-order valence-corrected chi connectivity index (χ0v) is 15.1. The number of hydrogen-bond acceptors (Lipinski definition) is 1. The van der Waals surface area contributed by atoms with E-state index in [-0.39, 0.29) is 6.10 Å². The quantitative estimate of drug-likeness (QED) is 0.641. The Hall–Kier alpha value is -0.820. The first-order valence-corrected chi connectivity index (χ1v) is 9.60. The number of fused-ring (bicyclic) bond motifs is 5. The summed E-state index contributed by atoms with van der Waals surface area (Å²) in [6.07, 6.45) is 13.2. The van der Waals surface area contributed by atoms with Gasteiger partial charge in [-0.1, -0.05) is 43.7 Å². The molecule has 23 heavy (non-hydrogen) atoms. The molecule has 4 aliphatic carbocycles. The second kappa shape index (κ2) is 5.09. The number of hydrogen-bond donors (Lipinski definition) is 1. The largest absolute Gasteiger partial charge is 0.393 e. The first-order valence-electron chi connectivity index (χ1n) is 9.60. The molecule has 2 fully saturated rings. The smallest absolute Gasteiger partial charge is 0.0577 e. The van der Waals surface area contributed by atoms with Crippen molar-refractivity contribution < 1.29 is 5.11 Å². The lowest BCUT2D eigenvalue weighted by Crippen LogP contribution is -2.50. The van der Waals surface area contributed by atoms with Crippen molar-refractivity contribution in [1.29, 1.82) is 0 Å². The van der Waals surface area contributed by atoms with Crippen LogP contribution in [0.15, 0.2) is 35.5 Å². The molecule has 4 rings (SSSR count). The number of allylic oxidation sites excluding steroid dienone is 4. The van der Waals surface area contributed by atoms with Gasteiger partial charge in [0.05, 0.1) is 6.10 Å². The van der Waals surface area contributed by atoms with Crippen LogP contribution in [0.1, 0.15) is 65.7 Å². The Kier molecular flexibility index (Phi) is 3.47. The third-order valence-electron chi connectivity index (χ3n) is 8.12. The lowest BCUT2D eigenvalue weighted by molar-refractivity contribution is -0.0287. The van der Waals surface area contributed by atoms with E-state index < -0.39 is 0 Å². The van der Waals surface area contributed by atoms with E-state index in [4.69, 9.17) is 0 Å². The lowest BCUT2D eigenvalue weighted by Gasteiger charge is -2.57. The van der Waals surface area contributed by atoms with Crippen molar-refractivity contribution in [1.82, 2.24) is 0 Å². The topological polar surface area (TPSA) is 20.2 Å². The van der Waals surface area contributed by atoms with Crippen LogP contribution < -0.4 is 0 Å². The molecular formula is C22H32O. The summed E-state index contributed by atoms with van der Waals surface area (Å²) in [5.41, 5.74) is 5.14. The average molecular weight is 312 g/mol. The van der Waals surface area contributed by atoms with Crippen LogP contribution >= 0.6 is 0 Å². The Morgan fingerprint density at radius 3 is 2.57 bits per heavy atom. The van der Waals surface area contributed by atoms with Crippen LogP contribution in [0.3, 0.4) is 0 Å². The van der Waals surface area contributed by atoms with Crippen LogP contribution in [-0.4, -0.2) is 11.2 Å². The van der Waals surface area contributed by atoms with Gasteiger partial charge < -0.3 is 5.11 Å². The molecule has 4 aliphatic rings. The highest BCUT2D eigenvalue weighted by molar-refractivity contribution is 5.39. The number of aliphatic hydroxyl groups is 1. The molecule has 2 saturated carbocycles. The minimum Gasteiger partial charge on any atom is -0.393 e. The molecule has 0 bridgehead atoms. The molecule has 0 aromatic carbocycles. The zero-order chi connectivity index (χ0) is 16.4. The van der Waals surface area contributed by atoms with E-state index >= 15 is 0 Å². The van der Waals surface area contributed by atoms with E-state index in [1.165, 1.54) is 37.7 Å². The lowest BCUT2D eigenvalue weighted by atomic mass is 9.47. The molecule has 0 spiro atoms. The fourth-order valence-electron chi connectivity index (χ4n) is 6.87. The van der Waals surface area contributed by atoms with Crippen molar-refractivity contribution in [3.8, 4) is 0 Å². The average Bonchev–Trinajstić information content (AvgIpc) is 2.85. The highest BCUT2D eigenvalue weighted by Crippen LogP contribution is 2.65. The molecule has 3 unspecified atom stereocenters. The summed E-state index contributed by atoms with van der Waals surface area (Å²) in [6.45, 7) is 11.5. The van der Waals surface area contributed by atoms with Gasteiger partial charge in [-0.25, -0.2) is 0 Å². The SMILES string of the molecule is C=C(C)C1=CCC2C3CC=C4C[C@@H](O)CC[C@]4(C)C3CC[C@]12C. The first kappa shape index (κ1) is 15.7.